The molecule has 0 aliphatic rings. The number of sulfonamides is 1. The maximum Gasteiger partial charge on any atom is 0.264 e. The topological polar surface area (TPSA) is 85.5 Å². The molecule has 0 unspecified atom stereocenters. The zero-order valence-electron chi connectivity index (χ0n) is 15.7. The van der Waals surface area contributed by atoms with Gasteiger partial charge in [-0.2, -0.15) is 4.98 Å². The SMILES string of the molecule is COc1ccccc1N(Cc1nc(C(C)C)no1)S(=O)(=O)c1ccc(F)cc1. The lowest BCUT2D eigenvalue weighted by molar-refractivity contribution is 0.372. The molecule has 0 aliphatic heterocycles. The van der Waals surface area contributed by atoms with Gasteiger partial charge in [-0.1, -0.05) is 31.1 Å². The van der Waals surface area contributed by atoms with Crippen LogP contribution in [-0.2, 0) is 16.6 Å². The molecule has 9 heteroatoms. The first-order valence-electron chi connectivity index (χ1n) is 8.56. The van der Waals surface area contributed by atoms with Crippen LogP contribution in [0.1, 0.15) is 31.5 Å². The van der Waals surface area contributed by atoms with Gasteiger partial charge in [-0.25, -0.2) is 12.8 Å². The van der Waals surface area contributed by atoms with Crippen molar-refractivity contribution in [1.29, 1.82) is 0 Å². The molecule has 0 saturated carbocycles. The summed E-state index contributed by atoms with van der Waals surface area (Å²) in [6.07, 6.45) is 0. The zero-order valence-corrected chi connectivity index (χ0v) is 16.5. The summed E-state index contributed by atoms with van der Waals surface area (Å²) in [6, 6.07) is 11.3. The van der Waals surface area contributed by atoms with Crippen molar-refractivity contribution in [3.63, 3.8) is 0 Å². The Balaban J connectivity index is 2.09. The molecule has 1 heterocycles. The molecule has 0 saturated heterocycles. The van der Waals surface area contributed by atoms with Gasteiger partial charge in [0.1, 0.15) is 18.1 Å². The monoisotopic (exact) mass is 405 g/mol. The molecule has 3 rings (SSSR count). The van der Waals surface area contributed by atoms with E-state index in [1.165, 1.54) is 19.2 Å². The number of aromatic nitrogens is 2. The summed E-state index contributed by atoms with van der Waals surface area (Å²) in [5.41, 5.74) is 0.304. The second kappa shape index (κ2) is 7.97. The maximum atomic E-state index is 13.3. The van der Waals surface area contributed by atoms with E-state index in [1.807, 2.05) is 13.8 Å². The molecule has 0 radical (unpaired) electrons. The van der Waals surface area contributed by atoms with Gasteiger partial charge in [0.15, 0.2) is 5.82 Å². The number of hydrogen-bond acceptors (Lipinski definition) is 6. The van der Waals surface area contributed by atoms with Crippen LogP contribution in [0.25, 0.3) is 0 Å². The van der Waals surface area contributed by atoms with Gasteiger partial charge in [-0.15, -0.1) is 0 Å². The molecule has 2 aromatic carbocycles. The van der Waals surface area contributed by atoms with Gasteiger partial charge >= 0.3 is 0 Å². The minimum Gasteiger partial charge on any atom is -0.495 e. The number of nitrogens with zero attached hydrogens (tertiary/aromatic N) is 3. The third kappa shape index (κ3) is 3.99. The van der Waals surface area contributed by atoms with E-state index in [9.17, 15) is 12.8 Å². The van der Waals surface area contributed by atoms with E-state index in [-0.39, 0.29) is 23.2 Å². The summed E-state index contributed by atoms with van der Waals surface area (Å²) in [6.45, 7) is 3.61. The van der Waals surface area contributed by atoms with Crippen LogP contribution in [0.2, 0.25) is 0 Å². The maximum absolute atomic E-state index is 13.3. The Hall–Kier alpha value is -2.94. The molecule has 0 spiro atoms. The fourth-order valence-corrected chi connectivity index (χ4v) is 3.98. The van der Waals surface area contributed by atoms with Crippen molar-refractivity contribution in [3.05, 3.63) is 66.1 Å². The van der Waals surface area contributed by atoms with Gasteiger partial charge in [0.05, 0.1) is 17.7 Å². The summed E-state index contributed by atoms with van der Waals surface area (Å²) in [4.78, 5) is 4.20. The van der Waals surface area contributed by atoms with Crippen LogP contribution in [0.4, 0.5) is 10.1 Å². The number of anilines is 1. The van der Waals surface area contributed by atoms with Crippen molar-refractivity contribution >= 4 is 15.7 Å². The number of methoxy groups -OCH3 is 1. The highest BCUT2D eigenvalue weighted by molar-refractivity contribution is 7.92. The van der Waals surface area contributed by atoms with Crippen molar-refractivity contribution in [2.45, 2.75) is 31.2 Å². The van der Waals surface area contributed by atoms with Crippen molar-refractivity contribution in [1.82, 2.24) is 10.1 Å². The Kier molecular flexibility index (Phi) is 5.64. The molecule has 28 heavy (non-hydrogen) atoms. The van der Waals surface area contributed by atoms with Crippen molar-refractivity contribution < 1.29 is 22.1 Å². The first-order valence-corrected chi connectivity index (χ1v) is 10.0. The second-order valence-electron chi connectivity index (χ2n) is 6.34. The lowest BCUT2D eigenvalue weighted by Gasteiger charge is -2.24. The molecule has 0 amide bonds. The summed E-state index contributed by atoms with van der Waals surface area (Å²) < 4.78 is 51.6. The highest BCUT2D eigenvalue weighted by atomic mass is 32.2. The van der Waals surface area contributed by atoms with Gasteiger partial charge in [-0.3, -0.25) is 4.31 Å². The number of benzene rings is 2. The van der Waals surface area contributed by atoms with Gasteiger partial charge in [-0.05, 0) is 36.4 Å². The Morgan fingerprint density at radius 3 is 2.43 bits per heavy atom. The van der Waals surface area contributed by atoms with E-state index in [1.54, 1.807) is 24.3 Å². The predicted octanol–water partition coefficient (Wildman–Crippen LogP) is 3.74. The molecule has 0 fully saturated rings. The van der Waals surface area contributed by atoms with E-state index in [4.69, 9.17) is 9.26 Å². The van der Waals surface area contributed by atoms with Gasteiger partial charge in [0, 0.05) is 5.92 Å². The lowest BCUT2D eigenvalue weighted by Crippen LogP contribution is -2.31. The normalized spacial score (nSPS) is 11.6. The Labute approximate surface area is 162 Å². The molecule has 1 aromatic heterocycles. The van der Waals surface area contributed by atoms with Gasteiger partial charge in [0.25, 0.3) is 10.0 Å². The van der Waals surface area contributed by atoms with Crippen LogP contribution in [0.3, 0.4) is 0 Å². The predicted molar refractivity (Wildman–Crippen MR) is 101 cm³/mol. The van der Waals surface area contributed by atoms with Crippen LogP contribution < -0.4 is 9.04 Å². The average Bonchev–Trinajstić information content (AvgIpc) is 3.15. The quantitative estimate of drug-likeness (QED) is 0.595. The first-order chi connectivity index (χ1) is 13.3. The fourth-order valence-electron chi connectivity index (χ4n) is 2.56. The minimum atomic E-state index is -4.05. The van der Waals surface area contributed by atoms with Crippen LogP contribution in [0, 0.1) is 5.82 Å². The molecule has 7 nitrogen and oxygen atoms in total. The van der Waals surface area contributed by atoms with E-state index in [2.05, 4.69) is 10.1 Å². The smallest absolute Gasteiger partial charge is 0.264 e. The first kappa shape index (κ1) is 19.8. The molecule has 0 atom stereocenters. The molecule has 0 aliphatic carbocycles. The van der Waals surface area contributed by atoms with E-state index < -0.39 is 15.8 Å². The van der Waals surface area contributed by atoms with Crippen molar-refractivity contribution in [2.24, 2.45) is 0 Å². The van der Waals surface area contributed by atoms with E-state index in [0.717, 1.165) is 16.4 Å². The molecular formula is C19H20FN3O4S. The van der Waals surface area contributed by atoms with E-state index in [0.29, 0.717) is 17.3 Å². The number of ether oxygens (including phenoxy) is 1. The number of halogens is 1. The third-order valence-corrected chi connectivity index (χ3v) is 5.81. The molecular weight excluding hydrogens is 385 g/mol. The number of hydrogen-bond donors (Lipinski definition) is 0. The van der Waals surface area contributed by atoms with Gasteiger partial charge < -0.3 is 9.26 Å². The fraction of sp³-hybridized carbons (Fsp3) is 0.263. The van der Waals surface area contributed by atoms with E-state index >= 15 is 0 Å². The third-order valence-electron chi connectivity index (χ3n) is 4.03. The Bertz CT molecular complexity index is 1050. The minimum absolute atomic E-state index is 0.0333. The zero-order chi connectivity index (χ0) is 20.3. The number of rotatable bonds is 7. The summed E-state index contributed by atoms with van der Waals surface area (Å²) >= 11 is 0. The Morgan fingerprint density at radius 2 is 1.82 bits per heavy atom. The summed E-state index contributed by atoms with van der Waals surface area (Å²) in [7, 11) is -2.60. The average molecular weight is 405 g/mol. The summed E-state index contributed by atoms with van der Waals surface area (Å²) in [5.74, 6) is 0.485. The van der Waals surface area contributed by atoms with Crippen LogP contribution in [0.5, 0.6) is 5.75 Å². The lowest BCUT2D eigenvalue weighted by atomic mass is 10.2. The van der Waals surface area contributed by atoms with Crippen LogP contribution in [-0.4, -0.2) is 25.7 Å². The van der Waals surface area contributed by atoms with Gasteiger partial charge in [0.2, 0.25) is 5.89 Å². The molecule has 148 valence electrons. The standard InChI is InChI=1S/C19H20FN3O4S/c1-13(2)19-21-18(27-22-19)12-23(16-6-4-5-7-17(16)26-3)28(24,25)15-10-8-14(20)9-11-15/h4-11,13H,12H2,1-3H3. The Morgan fingerprint density at radius 1 is 1.14 bits per heavy atom. The molecule has 0 N–H and O–H groups in total. The highest BCUT2D eigenvalue weighted by Crippen LogP contribution is 2.33. The van der Waals surface area contributed by atoms with Crippen molar-refractivity contribution in [2.75, 3.05) is 11.4 Å². The second-order valence-corrected chi connectivity index (χ2v) is 8.20. The molecule has 0 bridgehead atoms. The highest BCUT2D eigenvalue weighted by Gasteiger charge is 2.29. The van der Waals surface area contributed by atoms with Crippen LogP contribution >= 0.6 is 0 Å². The number of para-hydroxylation sites is 2. The van der Waals surface area contributed by atoms with Crippen molar-refractivity contribution in [3.8, 4) is 5.75 Å². The molecule has 3 aromatic rings. The largest absolute Gasteiger partial charge is 0.495 e. The summed E-state index contributed by atoms with van der Waals surface area (Å²) in [5, 5.41) is 3.88. The van der Waals surface area contributed by atoms with Crippen LogP contribution in [0.15, 0.2) is 57.9 Å².